The van der Waals surface area contributed by atoms with Crippen LogP contribution in [-0.4, -0.2) is 49.4 Å². The summed E-state index contributed by atoms with van der Waals surface area (Å²) in [7, 11) is 1.34. The molecule has 5 nitrogen and oxygen atoms in total. The first-order valence-corrected chi connectivity index (χ1v) is 5.44. The van der Waals surface area contributed by atoms with E-state index in [-0.39, 0.29) is 36.8 Å². The Morgan fingerprint density at radius 2 is 2.00 bits per heavy atom. The zero-order valence-corrected chi connectivity index (χ0v) is 10.5. The van der Waals surface area contributed by atoms with Crippen LogP contribution in [-0.2, 0) is 14.3 Å². The number of ketones is 1. The van der Waals surface area contributed by atoms with Crippen LogP contribution in [0.25, 0.3) is 5.76 Å². The Balaban J connectivity index is 0.00000361. The Morgan fingerprint density at radius 1 is 1.35 bits per heavy atom. The normalized spacial score (nSPS) is 10.4. The molecule has 0 fully saturated rings. The van der Waals surface area contributed by atoms with Crippen LogP contribution in [0.1, 0.15) is 12.5 Å². The van der Waals surface area contributed by atoms with Crippen molar-refractivity contribution in [1.29, 1.82) is 0 Å². The van der Waals surface area contributed by atoms with Gasteiger partial charge in [-0.2, -0.15) is 0 Å². The summed E-state index contributed by atoms with van der Waals surface area (Å²) in [5.41, 5.74) is 0.0227. The third kappa shape index (κ3) is 5.08. The number of rotatable bonds is 5. The zero-order valence-electron chi connectivity index (χ0n) is 10.5. The fourth-order valence-electron chi connectivity index (χ4n) is 1.30. The molecule has 7 heteroatoms. The molecule has 0 aliphatic heterocycles. The molecule has 0 saturated carbocycles. The molecule has 0 spiro atoms. The van der Waals surface area contributed by atoms with E-state index in [1.807, 2.05) is 0 Å². The van der Waals surface area contributed by atoms with Gasteiger partial charge in [-0.1, -0.05) is 0 Å². The van der Waals surface area contributed by atoms with Crippen molar-refractivity contribution in [3.05, 3.63) is 35.7 Å². The van der Waals surface area contributed by atoms with Gasteiger partial charge in [0.25, 0.3) is 5.78 Å². The summed E-state index contributed by atoms with van der Waals surface area (Å²) < 4.78 is 22.5. The molecule has 0 aliphatic rings. The van der Waals surface area contributed by atoms with Crippen LogP contribution >= 0.6 is 0 Å². The van der Waals surface area contributed by atoms with Crippen LogP contribution in [0.2, 0.25) is 0 Å². The average molecular weight is 276 g/mol. The minimum absolute atomic E-state index is 0. The van der Waals surface area contributed by atoms with Crippen molar-refractivity contribution >= 4 is 36.4 Å². The van der Waals surface area contributed by atoms with E-state index in [4.69, 9.17) is 4.74 Å². The Labute approximate surface area is 127 Å². The van der Waals surface area contributed by atoms with Crippen LogP contribution in [0.4, 0.5) is 4.39 Å². The van der Waals surface area contributed by atoms with E-state index in [1.54, 1.807) is 6.92 Å². The summed E-state index contributed by atoms with van der Waals surface area (Å²) in [4.78, 5) is 22.4. The van der Waals surface area contributed by atoms with Gasteiger partial charge in [0.15, 0.2) is 0 Å². The predicted octanol–water partition coefficient (Wildman–Crippen LogP) is 1.22. The number of hydrogen-bond donors (Lipinski definition) is 1. The molecule has 20 heavy (non-hydrogen) atoms. The molecule has 0 radical (unpaired) electrons. The summed E-state index contributed by atoms with van der Waals surface area (Å²) >= 11 is 0. The van der Waals surface area contributed by atoms with E-state index < -0.39 is 23.3 Å². The number of aliphatic hydroxyl groups excluding tert-OH is 1. The van der Waals surface area contributed by atoms with E-state index in [1.165, 1.54) is 13.2 Å². The first-order chi connectivity index (χ1) is 8.97. The molecule has 1 aromatic carbocycles. The second kappa shape index (κ2) is 8.41. The number of esters is 1. The van der Waals surface area contributed by atoms with Gasteiger partial charge in [-0.25, -0.2) is 9.18 Å². The monoisotopic (exact) mass is 276 g/mol. The molecule has 104 valence electrons. The van der Waals surface area contributed by atoms with Gasteiger partial charge in [-0.05, 0) is 19.1 Å². The van der Waals surface area contributed by atoms with Gasteiger partial charge in [0.2, 0.25) is 0 Å². The van der Waals surface area contributed by atoms with E-state index in [2.05, 4.69) is 4.74 Å². The van der Waals surface area contributed by atoms with Crippen molar-refractivity contribution < 1.29 is 28.6 Å². The van der Waals surface area contributed by atoms with Crippen molar-refractivity contribution in [2.75, 3.05) is 13.7 Å². The zero-order chi connectivity index (χ0) is 14.4. The Kier molecular flexibility index (Phi) is 7.66. The molecule has 0 amide bonds. The minimum atomic E-state index is -1.09. The van der Waals surface area contributed by atoms with Crippen molar-refractivity contribution in [2.45, 2.75) is 6.92 Å². The quantitative estimate of drug-likeness (QED) is 0.288. The molecule has 0 bridgehead atoms. The van der Waals surface area contributed by atoms with Crippen LogP contribution in [0.5, 0.6) is 5.75 Å². The third-order valence-electron chi connectivity index (χ3n) is 2.15. The van der Waals surface area contributed by atoms with Gasteiger partial charge < -0.3 is 14.6 Å². The Morgan fingerprint density at radius 3 is 2.55 bits per heavy atom. The molecule has 1 N–H and O–H groups in total. The molecule has 0 atom stereocenters. The fourth-order valence-corrected chi connectivity index (χ4v) is 1.30. The molecular formula is C13H14FLiO5. The molecular weight excluding hydrogens is 262 g/mol. The van der Waals surface area contributed by atoms with Crippen molar-refractivity contribution in [1.82, 2.24) is 0 Å². The first kappa shape index (κ1) is 18.2. The van der Waals surface area contributed by atoms with Crippen LogP contribution in [0.15, 0.2) is 24.3 Å². The van der Waals surface area contributed by atoms with Gasteiger partial charge in [-0.3, -0.25) is 4.79 Å². The average Bonchev–Trinajstić information content (AvgIpc) is 2.38. The SMILES string of the molecule is CCOC(=O)C(=O)C=C(O)c1cc(F)cc(OC)c1.[LiH]. The number of ether oxygens (including phenoxy) is 2. The first-order valence-electron chi connectivity index (χ1n) is 5.44. The van der Waals surface area contributed by atoms with Crippen LogP contribution < -0.4 is 4.74 Å². The van der Waals surface area contributed by atoms with Gasteiger partial charge >= 0.3 is 24.8 Å². The second-order valence-electron chi connectivity index (χ2n) is 3.49. The number of carbonyl (C=O) groups excluding carboxylic acids is 2. The van der Waals surface area contributed by atoms with Gasteiger partial charge in [0, 0.05) is 17.7 Å². The Bertz CT molecular complexity index is 527. The van der Waals surface area contributed by atoms with E-state index in [0.29, 0.717) is 6.08 Å². The van der Waals surface area contributed by atoms with Gasteiger partial charge in [0.1, 0.15) is 17.3 Å². The summed E-state index contributed by atoms with van der Waals surface area (Å²) in [6, 6.07) is 3.45. The topological polar surface area (TPSA) is 72.8 Å². The second-order valence-corrected chi connectivity index (χ2v) is 3.49. The number of aliphatic hydroxyl groups is 1. The number of hydrogen-bond acceptors (Lipinski definition) is 5. The molecule has 0 aromatic heterocycles. The standard InChI is InChI=1S/C13H13FO5.Li.H/c1-3-19-13(17)12(16)7-11(15)8-4-9(14)6-10(5-8)18-2;;/h4-7,15H,3H2,1-2H3;;. The van der Waals surface area contributed by atoms with Crippen molar-refractivity contribution in [3.63, 3.8) is 0 Å². The van der Waals surface area contributed by atoms with E-state index >= 15 is 0 Å². The predicted molar refractivity (Wildman–Crippen MR) is 72.3 cm³/mol. The van der Waals surface area contributed by atoms with Crippen LogP contribution in [0.3, 0.4) is 0 Å². The molecule has 0 unspecified atom stereocenters. The maximum absolute atomic E-state index is 13.2. The summed E-state index contributed by atoms with van der Waals surface area (Å²) in [6.45, 7) is 1.60. The molecule has 0 aliphatic carbocycles. The van der Waals surface area contributed by atoms with Gasteiger partial charge in [0.05, 0.1) is 13.7 Å². The number of halogens is 1. The molecule has 0 heterocycles. The maximum atomic E-state index is 13.2. The third-order valence-corrected chi connectivity index (χ3v) is 2.15. The number of carbonyl (C=O) groups is 2. The fraction of sp³-hybridized carbons (Fsp3) is 0.231. The summed E-state index contributed by atoms with van der Waals surface area (Å²) in [5.74, 6) is -3.12. The number of methoxy groups -OCH3 is 1. The summed E-state index contributed by atoms with van der Waals surface area (Å²) in [5, 5.41) is 9.66. The van der Waals surface area contributed by atoms with Crippen molar-refractivity contribution in [3.8, 4) is 5.75 Å². The van der Waals surface area contributed by atoms with Gasteiger partial charge in [-0.15, -0.1) is 0 Å². The van der Waals surface area contributed by atoms with E-state index in [9.17, 15) is 19.1 Å². The summed E-state index contributed by atoms with van der Waals surface area (Å²) in [6.07, 6.45) is 0.673. The number of benzene rings is 1. The van der Waals surface area contributed by atoms with Crippen molar-refractivity contribution in [2.24, 2.45) is 0 Å². The Hall–Kier alpha value is -1.77. The molecule has 1 aromatic rings. The van der Waals surface area contributed by atoms with E-state index in [0.717, 1.165) is 12.1 Å². The molecule has 0 saturated heterocycles. The molecule has 1 rings (SSSR count). The van der Waals surface area contributed by atoms with Crippen LogP contribution in [0, 0.1) is 5.82 Å².